The van der Waals surface area contributed by atoms with Gasteiger partial charge in [-0.25, -0.2) is 0 Å². The number of likely N-dealkylation sites (tertiary alicyclic amines) is 1. The van der Waals surface area contributed by atoms with E-state index in [0.29, 0.717) is 11.9 Å². The molecule has 1 amide bonds. The Labute approximate surface area is 187 Å². The summed E-state index contributed by atoms with van der Waals surface area (Å²) in [4.78, 5) is 21.9. The molecule has 2 fully saturated rings. The molecule has 3 aliphatic rings. The molecular weight excluding hydrogens is 386 g/mol. The van der Waals surface area contributed by atoms with Crippen LogP contribution in [0.1, 0.15) is 56.6 Å². The molecule has 1 saturated carbocycles. The Kier molecular flexibility index (Phi) is 7.49. The Hall–Kier alpha value is -2.08. The fourth-order valence-electron chi connectivity index (χ4n) is 5.34. The van der Waals surface area contributed by atoms with Gasteiger partial charge in [0, 0.05) is 57.8 Å². The van der Waals surface area contributed by atoms with E-state index in [4.69, 9.17) is 0 Å². The molecule has 0 bridgehead atoms. The number of nitrogens with zero attached hydrogens (tertiary/aromatic N) is 3. The molecular formula is C25H39N5O. The first-order valence-electron chi connectivity index (χ1n) is 12.2. The van der Waals surface area contributed by atoms with Crippen LogP contribution in [0.3, 0.4) is 0 Å². The van der Waals surface area contributed by atoms with Gasteiger partial charge in [0.05, 0.1) is 0 Å². The maximum atomic E-state index is 12.8. The number of nitrogens with one attached hydrogen (secondary N) is 2. The highest BCUT2D eigenvalue weighted by Gasteiger charge is 2.32. The highest BCUT2D eigenvalue weighted by atomic mass is 16.2. The highest BCUT2D eigenvalue weighted by molar-refractivity contribution is 5.81. The number of carbonyl (C=O) groups excluding carboxylic acids is 1. The van der Waals surface area contributed by atoms with E-state index in [-0.39, 0.29) is 12.0 Å². The van der Waals surface area contributed by atoms with Gasteiger partial charge in [-0.2, -0.15) is 0 Å². The second-order valence-corrected chi connectivity index (χ2v) is 9.54. The second kappa shape index (κ2) is 10.5. The van der Waals surface area contributed by atoms with Crippen molar-refractivity contribution >= 4 is 11.9 Å². The molecule has 170 valence electrons. The van der Waals surface area contributed by atoms with Gasteiger partial charge in [-0.1, -0.05) is 43.5 Å². The van der Waals surface area contributed by atoms with Crippen molar-refractivity contribution in [3.8, 4) is 0 Å². The van der Waals surface area contributed by atoms with E-state index in [1.165, 1.54) is 30.4 Å². The van der Waals surface area contributed by atoms with Gasteiger partial charge in [-0.3, -0.25) is 14.7 Å². The normalized spacial score (nSPS) is 24.0. The third kappa shape index (κ3) is 5.59. The molecule has 2 aliphatic heterocycles. The van der Waals surface area contributed by atoms with E-state index in [0.717, 1.165) is 64.4 Å². The number of rotatable bonds is 5. The Morgan fingerprint density at radius 2 is 1.90 bits per heavy atom. The summed E-state index contributed by atoms with van der Waals surface area (Å²) in [7, 11) is 1.83. The molecule has 1 saturated heterocycles. The van der Waals surface area contributed by atoms with Crippen LogP contribution in [0.2, 0.25) is 0 Å². The third-order valence-electron chi connectivity index (χ3n) is 7.37. The molecule has 1 aromatic carbocycles. The smallest absolute Gasteiger partial charge is 0.225 e. The van der Waals surface area contributed by atoms with Gasteiger partial charge in [-0.15, -0.1) is 0 Å². The first kappa shape index (κ1) is 22.1. The summed E-state index contributed by atoms with van der Waals surface area (Å²) in [5.74, 6) is 1.49. The zero-order chi connectivity index (χ0) is 21.6. The summed E-state index contributed by atoms with van der Waals surface area (Å²) in [6, 6.07) is 9.51. The summed E-state index contributed by atoms with van der Waals surface area (Å²) in [6.07, 6.45) is 7.99. The maximum Gasteiger partial charge on any atom is 0.225 e. The molecule has 0 radical (unpaired) electrons. The average molecular weight is 426 g/mol. The molecule has 2 atom stereocenters. The standard InChI is InChI=1S/C25H39N5O/c1-19(29-14-12-20-8-6-7-11-22(20)17-29)16-27-25(26-2)28-23-13-15-30(18-23)24(31)21-9-4-3-5-10-21/h6-8,11,19,21,23H,3-5,9-10,12-18H2,1-2H3,(H2,26,27,28). The number of hydrogen-bond donors (Lipinski definition) is 2. The zero-order valence-corrected chi connectivity index (χ0v) is 19.3. The van der Waals surface area contributed by atoms with Gasteiger partial charge < -0.3 is 15.5 Å². The van der Waals surface area contributed by atoms with Crippen LogP contribution in [0.5, 0.6) is 0 Å². The van der Waals surface area contributed by atoms with Gasteiger partial charge in [0.15, 0.2) is 5.96 Å². The minimum Gasteiger partial charge on any atom is -0.355 e. The van der Waals surface area contributed by atoms with Gasteiger partial charge in [0.25, 0.3) is 0 Å². The van der Waals surface area contributed by atoms with Crippen LogP contribution in [-0.2, 0) is 17.8 Å². The minimum absolute atomic E-state index is 0.264. The number of carbonyl (C=O) groups is 1. The van der Waals surface area contributed by atoms with Crippen molar-refractivity contribution in [3.63, 3.8) is 0 Å². The molecule has 6 heteroatoms. The molecule has 0 spiro atoms. The van der Waals surface area contributed by atoms with Crippen molar-refractivity contribution in [2.75, 3.05) is 33.2 Å². The van der Waals surface area contributed by atoms with Crippen molar-refractivity contribution < 1.29 is 4.79 Å². The number of aliphatic imine (C=N–C) groups is 1. The zero-order valence-electron chi connectivity index (χ0n) is 19.3. The first-order valence-corrected chi connectivity index (χ1v) is 12.2. The average Bonchev–Trinajstić information content (AvgIpc) is 3.29. The number of fused-ring (bicyclic) bond motifs is 1. The van der Waals surface area contributed by atoms with Crippen molar-refractivity contribution in [2.45, 2.75) is 70.5 Å². The highest BCUT2D eigenvalue weighted by Crippen LogP contribution is 2.27. The first-order chi connectivity index (χ1) is 15.1. The summed E-state index contributed by atoms with van der Waals surface area (Å²) in [6.45, 7) is 6.94. The van der Waals surface area contributed by atoms with Gasteiger partial charge >= 0.3 is 0 Å². The van der Waals surface area contributed by atoms with Crippen LogP contribution in [0.25, 0.3) is 0 Å². The molecule has 2 N–H and O–H groups in total. The summed E-state index contributed by atoms with van der Waals surface area (Å²) in [5, 5.41) is 7.07. The van der Waals surface area contributed by atoms with Crippen LogP contribution >= 0.6 is 0 Å². The van der Waals surface area contributed by atoms with E-state index in [2.05, 4.69) is 56.6 Å². The van der Waals surface area contributed by atoms with Crippen LogP contribution in [-0.4, -0.2) is 67.0 Å². The van der Waals surface area contributed by atoms with Crippen molar-refractivity contribution in [1.82, 2.24) is 20.4 Å². The molecule has 31 heavy (non-hydrogen) atoms. The summed E-state index contributed by atoms with van der Waals surface area (Å²) < 4.78 is 0. The Morgan fingerprint density at radius 1 is 1.13 bits per heavy atom. The van der Waals surface area contributed by atoms with Crippen LogP contribution in [0.4, 0.5) is 0 Å². The predicted molar refractivity (Wildman–Crippen MR) is 126 cm³/mol. The second-order valence-electron chi connectivity index (χ2n) is 9.54. The lowest BCUT2D eigenvalue weighted by molar-refractivity contribution is -0.135. The lowest BCUT2D eigenvalue weighted by Gasteiger charge is -2.34. The molecule has 1 aromatic rings. The molecule has 6 nitrogen and oxygen atoms in total. The topological polar surface area (TPSA) is 60.0 Å². The number of amides is 1. The fourth-order valence-corrected chi connectivity index (χ4v) is 5.34. The van der Waals surface area contributed by atoms with E-state index >= 15 is 0 Å². The lowest BCUT2D eigenvalue weighted by Crippen LogP contribution is -2.50. The molecule has 2 unspecified atom stereocenters. The fraction of sp³-hybridized carbons (Fsp3) is 0.680. The predicted octanol–water partition coefficient (Wildman–Crippen LogP) is 2.78. The maximum absolute atomic E-state index is 12.8. The lowest BCUT2D eigenvalue weighted by atomic mass is 9.88. The SMILES string of the molecule is CN=C(NCC(C)N1CCc2ccccc2C1)NC1CCN(C(=O)C2CCCCC2)C1. The Morgan fingerprint density at radius 3 is 2.68 bits per heavy atom. The van der Waals surface area contributed by atoms with Crippen LogP contribution < -0.4 is 10.6 Å². The van der Waals surface area contributed by atoms with Crippen LogP contribution in [0, 0.1) is 5.92 Å². The van der Waals surface area contributed by atoms with Gasteiger partial charge in [-0.05, 0) is 43.7 Å². The summed E-state index contributed by atoms with van der Waals surface area (Å²) >= 11 is 0. The third-order valence-corrected chi connectivity index (χ3v) is 7.37. The van der Waals surface area contributed by atoms with E-state index < -0.39 is 0 Å². The van der Waals surface area contributed by atoms with Gasteiger partial charge in [0.2, 0.25) is 5.91 Å². The van der Waals surface area contributed by atoms with E-state index in [9.17, 15) is 4.79 Å². The van der Waals surface area contributed by atoms with Crippen LogP contribution in [0.15, 0.2) is 29.3 Å². The Balaban J connectivity index is 1.21. The molecule has 4 rings (SSSR count). The molecule has 0 aromatic heterocycles. The molecule has 2 heterocycles. The van der Waals surface area contributed by atoms with E-state index in [1.807, 2.05) is 7.05 Å². The quantitative estimate of drug-likeness (QED) is 0.563. The molecule has 1 aliphatic carbocycles. The van der Waals surface area contributed by atoms with Gasteiger partial charge in [0.1, 0.15) is 0 Å². The number of hydrogen-bond acceptors (Lipinski definition) is 3. The Bertz CT molecular complexity index is 773. The number of guanidine groups is 1. The van der Waals surface area contributed by atoms with E-state index in [1.54, 1.807) is 0 Å². The largest absolute Gasteiger partial charge is 0.355 e. The van der Waals surface area contributed by atoms with Crippen molar-refractivity contribution in [1.29, 1.82) is 0 Å². The van der Waals surface area contributed by atoms with Crippen molar-refractivity contribution in [3.05, 3.63) is 35.4 Å². The minimum atomic E-state index is 0.264. The summed E-state index contributed by atoms with van der Waals surface area (Å²) in [5.41, 5.74) is 2.95. The monoisotopic (exact) mass is 425 g/mol. The number of benzene rings is 1. The van der Waals surface area contributed by atoms with Crippen molar-refractivity contribution in [2.24, 2.45) is 10.9 Å².